The minimum Gasteiger partial charge on any atom is -0.492 e. The summed E-state index contributed by atoms with van der Waals surface area (Å²) in [6.45, 7) is 3.45. The number of ether oxygens (including phenoxy) is 1. The molecule has 0 radical (unpaired) electrons. The summed E-state index contributed by atoms with van der Waals surface area (Å²) in [6, 6.07) is 19.6. The van der Waals surface area contributed by atoms with Crippen molar-refractivity contribution >= 4 is 5.91 Å². The van der Waals surface area contributed by atoms with Gasteiger partial charge in [0.15, 0.2) is 0 Å². The fraction of sp³-hybridized carbons (Fsp3) is 0.211. The molecular weight excluding hydrogens is 274 g/mol. The van der Waals surface area contributed by atoms with Gasteiger partial charge in [0.25, 0.3) is 0 Å². The number of carbonyl (C=O) groups is 1. The van der Waals surface area contributed by atoms with Crippen LogP contribution in [0.3, 0.4) is 0 Å². The maximum atomic E-state index is 12.2. The van der Waals surface area contributed by atoms with Crippen LogP contribution in [-0.2, 0) is 11.3 Å². The average Bonchev–Trinajstić information content (AvgIpc) is 2.56. The molecule has 1 amide bonds. The lowest BCUT2D eigenvalue weighted by Gasteiger charge is -2.21. The molecule has 0 heterocycles. The molecule has 22 heavy (non-hydrogen) atoms. The Morgan fingerprint density at radius 1 is 1.05 bits per heavy atom. The summed E-state index contributed by atoms with van der Waals surface area (Å²) in [5, 5.41) is 0. The van der Waals surface area contributed by atoms with Gasteiger partial charge in [-0.15, -0.1) is 0 Å². The highest BCUT2D eigenvalue weighted by molar-refractivity contribution is 5.87. The summed E-state index contributed by atoms with van der Waals surface area (Å²) in [6.07, 6.45) is 3.35. The van der Waals surface area contributed by atoms with E-state index in [9.17, 15) is 4.79 Å². The molecule has 0 aliphatic rings. The van der Waals surface area contributed by atoms with E-state index in [0.717, 1.165) is 11.3 Å². The number of hydrogen-bond donors (Lipinski definition) is 0. The molecule has 3 heteroatoms. The Labute approximate surface area is 131 Å². The van der Waals surface area contributed by atoms with E-state index in [0.29, 0.717) is 19.7 Å². The highest BCUT2D eigenvalue weighted by Crippen LogP contribution is 2.09. The zero-order valence-corrected chi connectivity index (χ0v) is 12.8. The molecule has 0 aliphatic heterocycles. The van der Waals surface area contributed by atoms with E-state index in [-0.39, 0.29) is 5.91 Å². The number of benzene rings is 2. The summed E-state index contributed by atoms with van der Waals surface area (Å²) in [7, 11) is 0. The molecule has 0 saturated heterocycles. The van der Waals surface area contributed by atoms with Crippen LogP contribution in [0.2, 0.25) is 0 Å². The van der Waals surface area contributed by atoms with Gasteiger partial charge < -0.3 is 9.64 Å². The Kier molecular flexibility index (Phi) is 6.24. The molecule has 0 aliphatic carbocycles. The van der Waals surface area contributed by atoms with Crippen LogP contribution in [0.15, 0.2) is 72.8 Å². The minimum atomic E-state index is 0.00279. The number of para-hydroxylation sites is 1. The van der Waals surface area contributed by atoms with E-state index in [1.165, 1.54) is 0 Å². The van der Waals surface area contributed by atoms with Crippen molar-refractivity contribution in [1.82, 2.24) is 4.90 Å². The third-order valence-electron chi connectivity index (χ3n) is 3.21. The number of hydrogen-bond acceptors (Lipinski definition) is 2. The summed E-state index contributed by atoms with van der Waals surface area (Å²) in [4.78, 5) is 14.0. The summed E-state index contributed by atoms with van der Waals surface area (Å²) < 4.78 is 5.68. The number of amides is 1. The van der Waals surface area contributed by atoms with E-state index in [1.807, 2.05) is 67.6 Å². The van der Waals surface area contributed by atoms with Gasteiger partial charge in [-0.1, -0.05) is 54.6 Å². The molecule has 114 valence electrons. The molecule has 2 rings (SSSR count). The molecule has 0 aromatic heterocycles. The van der Waals surface area contributed by atoms with Crippen LogP contribution in [0.1, 0.15) is 12.5 Å². The monoisotopic (exact) mass is 295 g/mol. The highest BCUT2D eigenvalue weighted by atomic mass is 16.5. The molecule has 0 saturated carbocycles. The number of nitrogens with zero attached hydrogens (tertiary/aromatic N) is 1. The minimum absolute atomic E-state index is 0.00279. The second kappa shape index (κ2) is 8.67. The van der Waals surface area contributed by atoms with Gasteiger partial charge in [0.2, 0.25) is 5.91 Å². The van der Waals surface area contributed by atoms with Gasteiger partial charge in [0, 0.05) is 6.54 Å². The van der Waals surface area contributed by atoms with Crippen molar-refractivity contribution in [1.29, 1.82) is 0 Å². The third kappa shape index (κ3) is 5.09. The zero-order valence-electron chi connectivity index (χ0n) is 12.8. The molecule has 3 nitrogen and oxygen atoms in total. The summed E-state index contributed by atoms with van der Waals surface area (Å²) >= 11 is 0. The summed E-state index contributed by atoms with van der Waals surface area (Å²) in [5.41, 5.74) is 1.11. The van der Waals surface area contributed by atoms with Gasteiger partial charge in [-0.2, -0.15) is 0 Å². The Hall–Kier alpha value is -2.55. The van der Waals surface area contributed by atoms with Crippen LogP contribution in [0.25, 0.3) is 0 Å². The maximum absolute atomic E-state index is 12.2. The predicted octanol–water partition coefficient (Wildman–Crippen LogP) is 3.67. The normalized spacial score (nSPS) is 10.6. The van der Waals surface area contributed by atoms with E-state index >= 15 is 0 Å². The van der Waals surface area contributed by atoms with Crippen LogP contribution in [-0.4, -0.2) is 24.0 Å². The van der Waals surface area contributed by atoms with Gasteiger partial charge in [-0.25, -0.2) is 0 Å². The van der Waals surface area contributed by atoms with Crippen molar-refractivity contribution in [2.45, 2.75) is 13.5 Å². The maximum Gasteiger partial charge on any atom is 0.246 e. The van der Waals surface area contributed by atoms with Gasteiger partial charge in [-0.3, -0.25) is 4.79 Å². The van der Waals surface area contributed by atoms with Crippen molar-refractivity contribution < 1.29 is 9.53 Å². The average molecular weight is 295 g/mol. The smallest absolute Gasteiger partial charge is 0.246 e. The summed E-state index contributed by atoms with van der Waals surface area (Å²) in [5.74, 6) is 0.823. The SMILES string of the molecule is C/C=C/C(=O)N(CCOc1ccccc1)Cc1ccccc1. The lowest BCUT2D eigenvalue weighted by atomic mass is 10.2. The van der Waals surface area contributed by atoms with Crippen molar-refractivity contribution in [3.63, 3.8) is 0 Å². The van der Waals surface area contributed by atoms with Crippen molar-refractivity contribution in [2.24, 2.45) is 0 Å². The lowest BCUT2D eigenvalue weighted by molar-refractivity contribution is -0.127. The first-order chi connectivity index (χ1) is 10.8. The Morgan fingerprint density at radius 2 is 1.68 bits per heavy atom. The molecule has 0 N–H and O–H groups in total. The number of rotatable bonds is 7. The van der Waals surface area contributed by atoms with Crippen molar-refractivity contribution in [3.05, 3.63) is 78.4 Å². The lowest BCUT2D eigenvalue weighted by Crippen LogP contribution is -2.32. The number of allylic oxidation sites excluding steroid dienone is 1. The van der Waals surface area contributed by atoms with E-state index in [1.54, 1.807) is 17.1 Å². The first-order valence-electron chi connectivity index (χ1n) is 7.43. The van der Waals surface area contributed by atoms with Gasteiger partial charge in [-0.05, 0) is 30.7 Å². The Morgan fingerprint density at radius 3 is 2.32 bits per heavy atom. The zero-order chi connectivity index (χ0) is 15.6. The number of carbonyl (C=O) groups excluding carboxylic acids is 1. The fourth-order valence-electron chi connectivity index (χ4n) is 2.11. The largest absolute Gasteiger partial charge is 0.492 e. The third-order valence-corrected chi connectivity index (χ3v) is 3.21. The van der Waals surface area contributed by atoms with Crippen molar-refractivity contribution in [2.75, 3.05) is 13.2 Å². The topological polar surface area (TPSA) is 29.5 Å². The van der Waals surface area contributed by atoms with Crippen LogP contribution >= 0.6 is 0 Å². The molecule has 0 fully saturated rings. The van der Waals surface area contributed by atoms with Crippen molar-refractivity contribution in [3.8, 4) is 5.75 Å². The molecule has 2 aromatic rings. The second-order valence-electron chi connectivity index (χ2n) is 4.91. The first kappa shape index (κ1) is 15.8. The molecule has 2 aromatic carbocycles. The van der Waals surface area contributed by atoms with Crippen LogP contribution < -0.4 is 4.74 Å². The molecular formula is C19H21NO2. The van der Waals surface area contributed by atoms with E-state index in [4.69, 9.17) is 4.74 Å². The van der Waals surface area contributed by atoms with Crippen LogP contribution in [0.5, 0.6) is 5.75 Å². The molecule has 0 spiro atoms. The quantitative estimate of drug-likeness (QED) is 0.729. The van der Waals surface area contributed by atoms with E-state index < -0.39 is 0 Å². The first-order valence-corrected chi connectivity index (χ1v) is 7.43. The standard InChI is InChI=1S/C19H21NO2/c1-2-9-19(21)20(16-17-10-5-3-6-11-17)14-15-22-18-12-7-4-8-13-18/h2-13H,14-16H2,1H3/b9-2+. The van der Waals surface area contributed by atoms with E-state index in [2.05, 4.69) is 0 Å². The van der Waals surface area contributed by atoms with Crippen LogP contribution in [0.4, 0.5) is 0 Å². The van der Waals surface area contributed by atoms with Gasteiger partial charge in [0.1, 0.15) is 12.4 Å². The fourth-order valence-corrected chi connectivity index (χ4v) is 2.11. The predicted molar refractivity (Wildman–Crippen MR) is 88.6 cm³/mol. The van der Waals surface area contributed by atoms with Gasteiger partial charge in [0.05, 0.1) is 6.54 Å². The Balaban J connectivity index is 1.94. The Bertz CT molecular complexity index is 593. The highest BCUT2D eigenvalue weighted by Gasteiger charge is 2.11. The second-order valence-corrected chi connectivity index (χ2v) is 4.91. The van der Waals surface area contributed by atoms with Gasteiger partial charge >= 0.3 is 0 Å². The van der Waals surface area contributed by atoms with Crippen LogP contribution in [0, 0.1) is 0 Å². The molecule has 0 atom stereocenters. The molecule has 0 unspecified atom stereocenters. The molecule has 0 bridgehead atoms.